The average Bonchev–Trinajstić information content (AvgIpc) is 2.41. The summed E-state index contributed by atoms with van der Waals surface area (Å²) in [6.07, 6.45) is 1.20. The van der Waals surface area contributed by atoms with Gasteiger partial charge < -0.3 is 10.6 Å². The van der Waals surface area contributed by atoms with Gasteiger partial charge in [-0.2, -0.15) is 0 Å². The highest BCUT2D eigenvalue weighted by Crippen LogP contribution is 2.25. The van der Waals surface area contributed by atoms with Gasteiger partial charge in [-0.3, -0.25) is 4.90 Å². The van der Waals surface area contributed by atoms with Gasteiger partial charge in [0.15, 0.2) is 0 Å². The smallest absolute Gasteiger partial charge is 0.0472 e. The molecule has 2 N–H and O–H groups in total. The van der Waals surface area contributed by atoms with E-state index in [0.717, 1.165) is 24.1 Å². The first-order chi connectivity index (χ1) is 9.15. The molecule has 0 aliphatic carbocycles. The molecule has 3 nitrogen and oxygen atoms in total. The Bertz CT molecular complexity index is 410. The van der Waals surface area contributed by atoms with Crippen LogP contribution in [0.3, 0.4) is 0 Å². The maximum atomic E-state index is 6.04. The standard InChI is InChI=1S/C15H24BrN3/c1-3-14-11-19(8-7-18(14)2)15(10-17)12-5-4-6-13(16)9-12/h4-6,9,14-15H,3,7-8,10-11,17H2,1-2H3. The van der Waals surface area contributed by atoms with E-state index in [1.165, 1.54) is 12.0 Å². The van der Waals surface area contributed by atoms with Crippen molar-refractivity contribution in [2.45, 2.75) is 25.4 Å². The third-order valence-corrected chi connectivity index (χ3v) is 4.67. The van der Waals surface area contributed by atoms with Crippen LogP contribution in [0.4, 0.5) is 0 Å². The Kier molecular flexibility index (Phi) is 5.39. The molecule has 0 bridgehead atoms. The minimum atomic E-state index is 0.334. The molecule has 19 heavy (non-hydrogen) atoms. The van der Waals surface area contributed by atoms with E-state index >= 15 is 0 Å². The molecule has 1 aromatic rings. The van der Waals surface area contributed by atoms with E-state index < -0.39 is 0 Å². The first-order valence-corrected chi connectivity index (χ1v) is 7.84. The number of hydrogen-bond acceptors (Lipinski definition) is 3. The van der Waals surface area contributed by atoms with E-state index in [1.807, 2.05) is 0 Å². The van der Waals surface area contributed by atoms with Gasteiger partial charge in [0.05, 0.1) is 0 Å². The van der Waals surface area contributed by atoms with Crippen LogP contribution < -0.4 is 5.73 Å². The number of benzene rings is 1. The Morgan fingerprint density at radius 2 is 2.21 bits per heavy atom. The maximum absolute atomic E-state index is 6.04. The van der Waals surface area contributed by atoms with Crippen LogP contribution >= 0.6 is 15.9 Å². The zero-order valence-electron chi connectivity index (χ0n) is 11.8. The van der Waals surface area contributed by atoms with Crippen molar-refractivity contribution in [2.75, 3.05) is 33.2 Å². The summed E-state index contributed by atoms with van der Waals surface area (Å²) in [5.41, 5.74) is 7.35. The van der Waals surface area contributed by atoms with Crippen molar-refractivity contribution < 1.29 is 0 Å². The molecule has 0 radical (unpaired) electrons. The molecule has 0 spiro atoms. The van der Waals surface area contributed by atoms with Crippen LogP contribution in [0.2, 0.25) is 0 Å². The van der Waals surface area contributed by atoms with E-state index in [4.69, 9.17) is 5.73 Å². The Morgan fingerprint density at radius 3 is 2.84 bits per heavy atom. The van der Waals surface area contributed by atoms with Crippen LogP contribution in [-0.4, -0.2) is 49.1 Å². The fourth-order valence-electron chi connectivity index (χ4n) is 2.90. The van der Waals surface area contributed by atoms with Crippen molar-refractivity contribution in [1.82, 2.24) is 9.80 Å². The highest BCUT2D eigenvalue weighted by molar-refractivity contribution is 9.10. The second-order valence-electron chi connectivity index (χ2n) is 5.34. The Labute approximate surface area is 124 Å². The molecule has 2 unspecified atom stereocenters. The van der Waals surface area contributed by atoms with Crippen molar-refractivity contribution in [2.24, 2.45) is 5.73 Å². The van der Waals surface area contributed by atoms with Crippen molar-refractivity contribution in [3.05, 3.63) is 34.3 Å². The van der Waals surface area contributed by atoms with Gasteiger partial charge in [0, 0.05) is 42.7 Å². The SMILES string of the molecule is CCC1CN(C(CN)c2cccc(Br)c2)CCN1C. The minimum absolute atomic E-state index is 0.334. The maximum Gasteiger partial charge on any atom is 0.0472 e. The molecule has 1 heterocycles. The Hall–Kier alpha value is -0.420. The monoisotopic (exact) mass is 325 g/mol. The molecule has 4 heteroatoms. The summed E-state index contributed by atoms with van der Waals surface area (Å²) in [7, 11) is 2.22. The predicted octanol–water partition coefficient (Wildman–Crippen LogP) is 2.47. The van der Waals surface area contributed by atoms with E-state index in [1.54, 1.807) is 0 Å². The van der Waals surface area contributed by atoms with Crippen LogP contribution in [0.15, 0.2) is 28.7 Å². The van der Waals surface area contributed by atoms with E-state index in [-0.39, 0.29) is 0 Å². The first-order valence-electron chi connectivity index (χ1n) is 7.05. The summed E-state index contributed by atoms with van der Waals surface area (Å²) in [4.78, 5) is 5.00. The summed E-state index contributed by atoms with van der Waals surface area (Å²) in [5, 5.41) is 0. The number of likely N-dealkylation sites (N-methyl/N-ethyl adjacent to an activating group) is 1. The molecule has 0 aromatic heterocycles. The summed E-state index contributed by atoms with van der Waals surface area (Å²) in [6, 6.07) is 9.51. The van der Waals surface area contributed by atoms with Gasteiger partial charge in [-0.05, 0) is 31.2 Å². The lowest BCUT2D eigenvalue weighted by Crippen LogP contribution is -2.53. The van der Waals surface area contributed by atoms with E-state index in [2.05, 4.69) is 64.0 Å². The molecule has 1 aromatic carbocycles. The molecule has 1 fully saturated rings. The number of rotatable bonds is 4. The van der Waals surface area contributed by atoms with Crippen LogP contribution in [0.5, 0.6) is 0 Å². The fourth-order valence-corrected chi connectivity index (χ4v) is 3.32. The fraction of sp³-hybridized carbons (Fsp3) is 0.600. The van der Waals surface area contributed by atoms with Crippen LogP contribution in [0, 0.1) is 0 Å². The number of nitrogens with zero attached hydrogens (tertiary/aromatic N) is 2. The normalized spacial score (nSPS) is 23.5. The summed E-state index contributed by atoms with van der Waals surface area (Å²) >= 11 is 3.55. The molecular weight excluding hydrogens is 302 g/mol. The van der Waals surface area contributed by atoms with Gasteiger partial charge in [0.25, 0.3) is 0 Å². The predicted molar refractivity (Wildman–Crippen MR) is 84.2 cm³/mol. The zero-order valence-corrected chi connectivity index (χ0v) is 13.4. The lowest BCUT2D eigenvalue weighted by Gasteiger charge is -2.42. The second kappa shape index (κ2) is 6.84. The number of halogens is 1. The summed E-state index contributed by atoms with van der Waals surface area (Å²) in [6.45, 7) is 6.28. The zero-order chi connectivity index (χ0) is 13.8. The summed E-state index contributed by atoms with van der Waals surface area (Å²) in [5.74, 6) is 0. The van der Waals surface area contributed by atoms with Crippen LogP contribution in [0.1, 0.15) is 24.9 Å². The highest BCUT2D eigenvalue weighted by Gasteiger charge is 2.28. The molecule has 0 amide bonds. The highest BCUT2D eigenvalue weighted by atomic mass is 79.9. The number of nitrogens with two attached hydrogens (primary N) is 1. The molecule has 1 aliphatic heterocycles. The van der Waals surface area contributed by atoms with Crippen molar-refractivity contribution in [3.63, 3.8) is 0 Å². The van der Waals surface area contributed by atoms with Gasteiger partial charge in [-0.15, -0.1) is 0 Å². The number of piperazine rings is 1. The van der Waals surface area contributed by atoms with Crippen molar-refractivity contribution in [3.8, 4) is 0 Å². The average molecular weight is 326 g/mol. The first kappa shape index (κ1) is 15.0. The van der Waals surface area contributed by atoms with Gasteiger partial charge in [0.1, 0.15) is 0 Å². The molecule has 106 valence electrons. The van der Waals surface area contributed by atoms with Crippen LogP contribution in [0.25, 0.3) is 0 Å². The second-order valence-corrected chi connectivity index (χ2v) is 6.26. The lowest BCUT2D eigenvalue weighted by molar-refractivity contribution is 0.0644. The lowest BCUT2D eigenvalue weighted by atomic mass is 10.0. The molecule has 2 atom stereocenters. The quantitative estimate of drug-likeness (QED) is 0.923. The van der Waals surface area contributed by atoms with Crippen LogP contribution in [-0.2, 0) is 0 Å². The largest absolute Gasteiger partial charge is 0.329 e. The van der Waals surface area contributed by atoms with Gasteiger partial charge in [0.2, 0.25) is 0 Å². The van der Waals surface area contributed by atoms with Crippen molar-refractivity contribution >= 4 is 15.9 Å². The molecule has 0 saturated carbocycles. The molecular formula is C15H24BrN3. The van der Waals surface area contributed by atoms with Crippen molar-refractivity contribution in [1.29, 1.82) is 0 Å². The Morgan fingerprint density at radius 1 is 1.42 bits per heavy atom. The number of hydrogen-bond donors (Lipinski definition) is 1. The van der Waals surface area contributed by atoms with E-state index in [0.29, 0.717) is 18.6 Å². The molecule has 1 aliphatic rings. The molecule has 2 rings (SSSR count). The minimum Gasteiger partial charge on any atom is -0.329 e. The van der Waals surface area contributed by atoms with Gasteiger partial charge >= 0.3 is 0 Å². The molecule has 1 saturated heterocycles. The van der Waals surface area contributed by atoms with Gasteiger partial charge in [-0.1, -0.05) is 35.0 Å². The van der Waals surface area contributed by atoms with E-state index in [9.17, 15) is 0 Å². The summed E-state index contributed by atoms with van der Waals surface area (Å²) < 4.78 is 1.13. The topological polar surface area (TPSA) is 32.5 Å². The third kappa shape index (κ3) is 3.57. The Balaban J connectivity index is 2.14. The third-order valence-electron chi connectivity index (χ3n) is 4.18. The van der Waals surface area contributed by atoms with Gasteiger partial charge in [-0.25, -0.2) is 0 Å².